The Morgan fingerprint density at radius 2 is 0.585 bits per heavy atom. The van der Waals surface area contributed by atoms with E-state index in [9.17, 15) is 0 Å². The van der Waals surface area contributed by atoms with Crippen molar-refractivity contribution >= 4 is 49.5 Å². The molecule has 7 rings (SSSR count). The molecular formula is C63H82BN. The number of fused-ring (bicyclic) bond motifs is 2. The summed E-state index contributed by atoms with van der Waals surface area (Å²) < 4.78 is 1.30. The maximum Gasteiger partial charge on any atom is 0.108 e. The van der Waals surface area contributed by atoms with Gasteiger partial charge in [-0.2, -0.15) is 21.9 Å². The Kier molecular flexibility index (Phi) is 21.0. The monoisotopic (exact) mass is 864 g/mol. The fourth-order valence-electron chi connectivity index (χ4n) is 11.0. The fourth-order valence-corrected chi connectivity index (χ4v) is 11.0. The molecule has 7 aromatic rings. The van der Waals surface area contributed by atoms with Gasteiger partial charge < -0.3 is 4.48 Å². The van der Waals surface area contributed by atoms with Crippen LogP contribution in [0.25, 0.3) is 21.5 Å². The van der Waals surface area contributed by atoms with Gasteiger partial charge >= 0.3 is 0 Å². The lowest BCUT2D eigenvalue weighted by Gasteiger charge is -2.44. The van der Waals surface area contributed by atoms with Gasteiger partial charge in [-0.05, 0) is 66.1 Å². The number of nitrogens with zero attached hydrogens (tertiary/aromatic N) is 1. The number of hydrogen-bond donors (Lipinski definition) is 0. The van der Waals surface area contributed by atoms with Crippen molar-refractivity contribution in [1.29, 1.82) is 0 Å². The van der Waals surface area contributed by atoms with Crippen molar-refractivity contribution < 1.29 is 4.48 Å². The highest BCUT2D eigenvalue weighted by Gasteiger charge is 2.31. The first kappa shape index (κ1) is 49.5. The fraction of sp³-hybridized carbons (Fsp3) is 0.397. The molecule has 0 amide bonds. The molecule has 0 radical (unpaired) electrons. The molecule has 0 saturated heterocycles. The first-order chi connectivity index (χ1) is 32.1. The Bertz CT molecular complexity index is 2060. The van der Waals surface area contributed by atoms with Gasteiger partial charge in [-0.25, -0.2) is 0 Å². The molecular weight excluding hydrogens is 782 g/mol. The molecule has 0 aliphatic carbocycles. The van der Waals surface area contributed by atoms with Gasteiger partial charge in [0, 0.05) is 5.56 Å². The predicted octanol–water partition coefficient (Wildman–Crippen LogP) is 15.5. The summed E-state index contributed by atoms with van der Waals surface area (Å²) in [6, 6.07) is 64.3. The van der Waals surface area contributed by atoms with Crippen LogP contribution in [0.1, 0.15) is 142 Å². The zero-order valence-electron chi connectivity index (χ0n) is 40.8. The predicted molar refractivity (Wildman–Crippen MR) is 290 cm³/mol. The molecule has 0 bridgehead atoms. The van der Waals surface area contributed by atoms with E-state index >= 15 is 0 Å². The van der Waals surface area contributed by atoms with E-state index < -0.39 is 6.15 Å². The van der Waals surface area contributed by atoms with Crippen LogP contribution in [0.15, 0.2) is 176 Å². The van der Waals surface area contributed by atoms with E-state index in [0.717, 1.165) is 0 Å². The first-order valence-electron chi connectivity index (χ1n) is 26.3. The molecule has 0 N–H and O–H groups in total. The van der Waals surface area contributed by atoms with Gasteiger partial charge in [0.25, 0.3) is 0 Å². The maximum atomic E-state index is 2.41. The van der Waals surface area contributed by atoms with E-state index in [2.05, 4.69) is 197 Å². The molecule has 0 fully saturated rings. The van der Waals surface area contributed by atoms with Crippen LogP contribution in [0.5, 0.6) is 0 Å². The summed E-state index contributed by atoms with van der Waals surface area (Å²) in [5, 5.41) is 5.79. The molecule has 342 valence electrons. The lowest BCUT2D eigenvalue weighted by molar-refractivity contribution is -0.941. The molecule has 2 heteroatoms. The summed E-state index contributed by atoms with van der Waals surface area (Å²) in [5.41, 5.74) is 6.96. The molecule has 0 heterocycles. The highest BCUT2D eigenvalue weighted by atomic mass is 15.3. The largest absolute Gasteiger partial charge is 0.320 e. The standard InChI is InChI=1S/C39H62N.C24H20B/c1-4-7-10-13-16-23-30-40(31-24-17-14-11-8-5-2,32-25-18-15-12-9-6-3)34-39-37-28-21-19-26-35(37)33-36-27-20-22-29-38(36)39;1-5-13-21(14-6-1)25(22-15-7-2-8-16-22,23-17-9-3-10-18-23)24-19-11-4-12-20-24/h19-22,26-29,33H,4-18,23-25,30-32,34H2,1-3H3;1-20H/q+1;-1. The van der Waals surface area contributed by atoms with Gasteiger partial charge in [-0.3, -0.25) is 0 Å². The number of hydrogen-bond acceptors (Lipinski definition) is 0. The smallest absolute Gasteiger partial charge is 0.108 e. The van der Waals surface area contributed by atoms with Crippen molar-refractivity contribution in [2.45, 2.75) is 143 Å². The molecule has 0 aliphatic heterocycles. The van der Waals surface area contributed by atoms with Crippen LogP contribution in [-0.4, -0.2) is 30.3 Å². The Hall–Kier alpha value is -4.92. The minimum absolute atomic E-state index is 1.20. The van der Waals surface area contributed by atoms with E-state index in [0.29, 0.717) is 0 Å². The van der Waals surface area contributed by atoms with Crippen LogP contribution >= 0.6 is 0 Å². The molecule has 0 atom stereocenters. The first-order valence-corrected chi connectivity index (χ1v) is 26.3. The normalized spacial score (nSPS) is 11.7. The van der Waals surface area contributed by atoms with Crippen molar-refractivity contribution in [1.82, 2.24) is 0 Å². The molecule has 0 spiro atoms. The molecule has 7 aromatic carbocycles. The Labute approximate surface area is 396 Å². The Morgan fingerprint density at radius 1 is 0.308 bits per heavy atom. The summed E-state index contributed by atoms with van der Waals surface area (Å²) in [5.74, 6) is 0. The second-order valence-electron chi connectivity index (χ2n) is 19.3. The second-order valence-corrected chi connectivity index (χ2v) is 19.3. The van der Waals surface area contributed by atoms with E-state index in [1.54, 1.807) is 5.56 Å². The zero-order valence-corrected chi connectivity index (χ0v) is 40.8. The van der Waals surface area contributed by atoms with Crippen LogP contribution in [0, 0.1) is 0 Å². The Balaban J connectivity index is 0.000000238. The lowest BCUT2D eigenvalue weighted by Crippen LogP contribution is -2.74. The van der Waals surface area contributed by atoms with Crippen LogP contribution in [-0.2, 0) is 6.54 Å². The second kappa shape index (κ2) is 27.5. The molecule has 1 nitrogen and oxygen atoms in total. The average Bonchev–Trinajstić information content (AvgIpc) is 3.36. The third-order valence-electron chi connectivity index (χ3n) is 14.5. The quantitative estimate of drug-likeness (QED) is 0.0209. The lowest BCUT2D eigenvalue weighted by atomic mass is 9.13. The van der Waals surface area contributed by atoms with Gasteiger partial charge in [0.15, 0.2) is 0 Å². The van der Waals surface area contributed by atoms with Gasteiger partial charge in [0.1, 0.15) is 12.7 Å². The van der Waals surface area contributed by atoms with Crippen molar-refractivity contribution in [2.24, 2.45) is 0 Å². The third-order valence-corrected chi connectivity index (χ3v) is 14.5. The van der Waals surface area contributed by atoms with E-state index in [1.165, 1.54) is 190 Å². The van der Waals surface area contributed by atoms with Crippen LogP contribution < -0.4 is 21.9 Å². The SMILES string of the molecule is CCCCCCCC[N+](CCCCCCCC)(CCCCCCCC)Cc1c2ccccc2cc2ccccc12.c1ccc([B-](c2ccccc2)(c2ccccc2)c2ccccc2)cc1. The number of quaternary nitrogens is 1. The highest BCUT2D eigenvalue weighted by molar-refractivity contribution is 7.19. The van der Waals surface area contributed by atoms with E-state index in [-0.39, 0.29) is 0 Å². The van der Waals surface area contributed by atoms with E-state index in [4.69, 9.17) is 0 Å². The maximum absolute atomic E-state index is 2.41. The summed E-state index contributed by atoms with van der Waals surface area (Å²) in [7, 11) is 0. The van der Waals surface area contributed by atoms with Crippen molar-refractivity contribution in [2.75, 3.05) is 19.6 Å². The minimum atomic E-state index is -1.22. The van der Waals surface area contributed by atoms with Crippen LogP contribution in [0.2, 0.25) is 0 Å². The van der Waals surface area contributed by atoms with Crippen molar-refractivity contribution in [3.63, 3.8) is 0 Å². The topological polar surface area (TPSA) is 0 Å². The van der Waals surface area contributed by atoms with Crippen LogP contribution in [0.4, 0.5) is 0 Å². The third kappa shape index (κ3) is 14.0. The number of benzene rings is 7. The van der Waals surface area contributed by atoms with Crippen molar-refractivity contribution in [3.8, 4) is 0 Å². The minimum Gasteiger partial charge on any atom is -0.320 e. The van der Waals surface area contributed by atoms with Crippen molar-refractivity contribution in [3.05, 3.63) is 181 Å². The summed E-state index contributed by atoms with van der Waals surface area (Å²) in [6.45, 7) is 12.3. The number of rotatable bonds is 27. The molecule has 0 aromatic heterocycles. The van der Waals surface area contributed by atoms with Gasteiger partial charge in [0.05, 0.1) is 19.6 Å². The summed E-state index contributed by atoms with van der Waals surface area (Å²) in [4.78, 5) is 0. The molecule has 0 unspecified atom stereocenters. The Morgan fingerprint density at radius 3 is 0.908 bits per heavy atom. The highest BCUT2D eigenvalue weighted by Crippen LogP contribution is 2.33. The number of unbranched alkanes of at least 4 members (excludes halogenated alkanes) is 15. The van der Waals surface area contributed by atoms with Gasteiger partial charge in [-0.15, -0.1) is 0 Å². The van der Waals surface area contributed by atoms with E-state index in [1.807, 2.05) is 0 Å². The molecule has 65 heavy (non-hydrogen) atoms. The summed E-state index contributed by atoms with van der Waals surface area (Å²) >= 11 is 0. The average molecular weight is 864 g/mol. The molecule has 0 saturated carbocycles. The van der Waals surface area contributed by atoms with Crippen LogP contribution in [0.3, 0.4) is 0 Å². The summed E-state index contributed by atoms with van der Waals surface area (Å²) in [6.07, 6.45) is 23.9. The van der Waals surface area contributed by atoms with Gasteiger partial charge in [-0.1, -0.05) is 268 Å². The molecule has 0 aliphatic rings. The van der Waals surface area contributed by atoms with Gasteiger partial charge in [0.2, 0.25) is 0 Å². The zero-order chi connectivity index (χ0) is 45.3.